The van der Waals surface area contributed by atoms with Gasteiger partial charge in [-0.15, -0.1) is 13.2 Å². The minimum atomic E-state index is -4.70. The Morgan fingerprint density at radius 3 is 2.59 bits per heavy atom. The lowest BCUT2D eigenvalue weighted by molar-refractivity contribution is -0.274. The van der Waals surface area contributed by atoms with Gasteiger partial charge >= 0.3 is 12.4 Å². The monoisotopic (exact) mass is 431 g/mol. The summed E-state index contributed by atoms with van der Waals surface area (Å²) in [4.78, 5) is 8.27. The van der Waals surface area contributed by atoms with Crippen molar-refractivity contribution >= 4 is 17.4 Å². The van der Waals surface area contributed by atoms with Gasteiger partial charge in [0.25, 0.3) is 0 Å². The maximum Gasteiger partial charge on any atom is 0.573 e. The first-order valence-corrected chi connectivity index (χ1v) is 9.46. The summed E-state index contributed by atoms with van der Waals surface area (Å²) in [6.45, 7) is 2.31. The van der Waals surface area contributed by atoms with E-state index >= 15 is 0 Å². The van der Waals surface area contributed by atoms with Crippen LogP contribution < -0.4 is 14.8 Å². The van der Waals surface area contributed by atoms with Gasteiger partial charge in [-0.05, 0) is 43.9 Å². The summed E-state index contributed by atoms with van der Waals surface area (Å²) in [5.74, 6) is 0.321. The fraction of sp³-hybridized carbons (Fsp3) is 0.474. The predicted molar refractivity (Wildman–Crippen MR) is 101 cm³/mol. The van der Waals surface area contributed by atoms with Crippen LogP contribution in [-0.4, -0.2) is 36.1 Å². The van der Waals surface area contributed by atoms with E-state index in [2.05, 4.69) is 20.0 Å². The summed E-state index contributed by atoms with van der Waals surface area (Å²) in [7, 11) is 1.46. The Hall–Kier alpha value is -2.26. The summed E-state index contributed by atoms with van der Waals surface area (Å²) in [6.07, 6.45) is -2.40. The number of anilines is 1. The van der Waals surface area contributed by atoms with E-state index in [9.17, 15) is 13.2 Å². The third kappa shape index (κ3) is 5.86. The fourth-order valence-corrected chi connectivity index (χ4v) is 3.28. The van der Waals surface area contributed by atoms with Gasteiger partial charge in [-0.2, -0.15) is 9.97 Å². The molecule has 2 atom stereocenters. The second-order valence-electron chi connectivity index (χ2n) is 6.65. The Balaban J connectivity index is 1.60. The molecule has 0 radical (unpaired) electrons. The second-order valence-corrected chi connectivity index (χ2v) is 7.01. The molecule has 6 nitrogen and oxygen atoms in total. The van der Waals surface area contributed by atoms with Crippen molar-refractivity contribution in [2.24, 2.45) is 0 Å². The van der Waals surface area contributed by atoms with Crippen molar-refractivity contribution in [1.82, 2.24) is 9.97 Å². The molecule has 0 aliphatic carbocycles. The van der Waals surface area contributed by atoms with Crippen molar-refractivity contribution in [2.45, 2.75) is 44.8 Å². The zero-order valence-electron chi connectivity index (χ0n) is 15.9. The molecule has 2 heterocycles. The number of nitrogens with zero attached hydrogens (tertiary/aromatic N) is 2. The van der Waals surface area contributed by atoms with Gasteiger partial charge in [-0.1, -0.05) is 23.7 Å². The lowest BCUT2D eigenvalue weighted by atomic mass is 9.98. The topological polar surface area (TPSA) is 65.5 Å². The van der Waals surface area contributed by atoms with Gasteiger partial charge in [-0.3, -0.25) is 0 Å². The molecular weight excluding hydrogens is 411 g/mol. The van der Waals surface area contributed by atoms with Crippen LogP contribution in [0.3, 0.4) is 0 Å². The molecule has 1 aliphatic rings. The molecule has 3 rings (SSSR count). The Bertz CT molecular complexity index is 834. The van der Waals surface area contributed by atoms with Gasteiger partial charge in [0.2, 0.25) is 0 Å². The van der Waals surface area contributed by atoms with Crippen LogP contribution in [0.25, 0.3) is 0 Å². The molecule has 1 aromatic carbocycles. The molecule has 10 heteroatoms. The number of alkyl halides is 3. The lowest BCUT2D eigenvalue weighted by Crippen LogP contribution is -2.29. The van der Waals surface area contributed by atoms with Gasteiger partial charge < -0.3 is 19.5 Å². The van der Waals surface area contributed by atoms with Crippen LogP contribution in [0.15, 0.2) is 24.3 Å². The number of rotatable bonds is 6. The van der Waals surface area contributed by atoms with Crippen LogP contribution in [0, 0.1) is 6.92 Å². The minimum Gasteiger partial charge on any atom is -0.467 e. The van der Waals surface area contributed by atoms with E-state index in [1.54, 1.807) is 19.1 Å². The number of aromatic nitrogens is 2. The summed E-state index contributed by atoms with van der Waals surface area (Å²) in [6, 6.07) is 5.97. The van der Waals surface area contributed by atoms with Crippen LogP contribution in [-0.2, 0) is 4.74 Å². The highest BCUT2D eigenvalue weighted by molar-refractivity contribution is 6.30. The molecule has 158 valence electrons. The Labute approximate surface area is 171 Å². The largest absolute Gasteiger partial charge is 0.573 e. The molecule has 0 saturated carbocycles. The van der Waals surface area contributed by atoms with E-state index in [-0.39, 0.29) is 24.0 Å². The molecule has 1 N–H and O–H groups in total. The van der Waals surface area contributed by atoms with Gasteiger partial charge in [0.1, 0.15) is 16.7 Å². The molecule has 1 aliphatic heterocycles. The minimum absolute atomic E-state index is 0.0843. The van der Waals surface area contributed by atoms with Crippen LogP contribution in [0.1, 0.15) is 36.5 Å². The summed E-state index contributed by atoms with van der Waals surface area (Å²) in [5, 5.41) is 3.53. The quantitative estimate of drug-likeness (QED) is 0.644. The second kappa shape index (κ2) is 9.04. The summed E-state index contributed by atoms with van der Waals surface area (Å²) in [5.41, 5.74) is 1.52. The SMILES string of the molecule is COc1nc(Cl)c(C)c(NCC2CCCC(c3ccc(OC(F)(F)F)cc3)O2)n1. The number of halogens is 4. The highest BCUT2D eigenvalue weighted by atomic mass is 35.5. The zero-order chi connectivity index (χ0) is 21.0. The van der Waals surface area contributed by atoms with Gasteiger partial charge in [0.15, 0.2) is 0 Å². The maximum absolute atomic E-state index is 12.3. The summed E-state index contributed by atoms with van der Waals surface area (Å²) >= 11 is 6.09. The summed E-state index contributed by atoms with van der Waals surface area (Å²) < 4.78 is 52.0. The van der Waals surface area contributed by atoms with Crippen LogP contribution in [0.4, 0.5) is 19.0 Å². The van der Waals surface area contributed by atoms with E-state index in [0.717, 1.165) is 24.8 Å². The van der Waals surface area contributed by atoms with Crippen molar-refractivity contribution < 1.29 is 27.4 Å². The molecule has 2 unspecified atom stereocenters. The lowest BCUT2D eigenvalue weighted by Gasteiger charge is -2.31. The molecule has 29 heavy (non-hydrogen) atoms. The number of hydrogen-bond acceptors (Lipinski definition) is 6. The van der Waals surface area contributed by atoms with Crippen LogP contribution >= 0.6 is 11.6 Å². The zero-order valence-corrected chi connectivity index (χ0v) is 16.7. The van der Waals surface area contributed by atoms with Crippen LogP contribution in [0.5, 0.6) is 11.8 Å². The van der Waals surface area contributed by atoms with Gasteiger partial charge in [0, 0.05) is 12.1 Å². The van der Waals surface area contributed by atoms with Crippen LogP contribution in [0.2, 0.25) is 5.15 Å². The average molecular weight is 432 g/mol. The predicted octanol–water partition coefficient (Wildman–Crippen LogP) is 5.07. The van der Waals surface area contributed by atoms with Crippen molar-refractivity contribution in [3.05, 3.63) is 40.5 Å². The normalized spacial score (nSPS) is 19.7. The number of methoxy groups -OCH3 is 1. The third-order valence-electron chi connectivity index (χ3n) is 4.58. The van der Waals surface area contributed by atoms with E-state index < -0.39 is 6.36 Å². The van der Waals surface area contributed by atoms with Crippen molar-refractivity contribution in [1.29, 1.82) is 0 Å². The molecule has 1 fully saturated rings. The highest BCUT2D eigenvalue weighted by Gasteiger charge is 2.31. The number of benzene rings is 1. The van der Waals surface area contributed by atoms with Crippen molar-refractivity contribution in [3.63, 3.8) is 0 Å². The Morgan fingerprint density at radius 2 is 1.93 bits per heavy atom. The van der Waals surface area contributed by atoms with Gasteiger partial charge in [0.05, 0.1) is 19.3 Å². The molecule has 0 amide bonds. The van der Waals surface area contributed by atoms with E-state index in [1.807, 2.05) is 0 Å². The Morgan fingerprint density at radius 1 is 1.21 bits per heavy atom. The average Bonchev–Trinajstić information content (AvgIpc) is 2.68. The Kier molecular flexibility index (Phi) is 6.69. The molecule has 1 aromatic heterocycles. The first-order valence-electron chi connectivity index (χ1n) is 9.08. The molecule has 2 aromatic rings. The molecular formula is C19H21ClF3N3O3. The first kappa shape index (κ1) is 21.4. The van der Waals surface area contributed by atoms with Gasteiger partial charge in [-0.25, -0.2) is 0 Å². The number of nitrogens with one attached hydrogen (secondary N) is 1. The molecule has 1 saturated heterocycles. The van der Waals surface area contributed by atoms with E-state index in [1.165, 1.54) is 19.2 Å². The number of ether oxygens (including phenoxy) is 3. The smallest absolute Gasteiger partial charge is 0.467 e. The van der Waals surface area contributed by atoms with Crippen molar-refractivity contribution in [2.75, 3.05) is 19.0 Å². The van der Waals surface area contributed by atoms with Crippen molar-refractivity contribution in [3.8, 4) is 11.8 Å². The maximum atomic E-state index is 12.3. The standard InChI is InChI=1S/C19H21ClF3N3O3/c1-11-16(20)25-18(27-2)26-17(11)24-10-14-4-3-5-15(28-14)12-6-8-13(9-7-12)29-19(21,22)23/h6-9,14-15H,3-5,10H2,1-2H3,(H,24,25,26). The highest BCUT2D eigenvalue weighted by Crippen LogP contribution is 2.33. The molecule has 0 bridgehead atoms. The van der Waals surface area contributed by atoms with E-state index in [0.29, 0.717) is 23.1 Å². The first-order chi connectivity index (χ1) is 13.7. The third-order valence-corrected chi connectivity index (χ3v) is 4.95. The molecule has 0 spiro atoms. The number of hydrogen-bond donors (Lipinski definition) is 1. The van der Waals surface area contributed by atoms with E-state index in [4.69, 9.17) is 21.1 Å². The fourth-order valence-electron chi connectivity index (χ4n) is 3.12.